The average Bonchev–Trinajstić information content (AvgIpc) is 2.96. The topological polar surface area (TPSA) is 171 Å². The zero-order valence-corrected chi connectivity index (χ0v) is 33.3. The van der Waals surface area contributed by atoms with E-state index in [2.05, 4.69) is 10.7 Å². The molecule has 0 saturated carbocycles. The van der Waals surface area contributed by atoms with Gasteiger partial charge in [-0.15, -0.1) is 0 Å². The van der Waals surface area contributed by atoms with E-state index in [1.807, 2.05) is 0 Å². The first-order valence-electron chi connectivity index (χ1n) is 12.7. The van der Waals surface area contributed by atoms with E-state index in [4.69, 9.17) is 42.7 Å². The lowest BCUT2D eigenvalue weighted by Gasteiger charge is -1.99. The molecule has 0 radical (unpaired) electrons. The Morgan fingerprint density at radius 3 is 1.24 bits per heavy atom. The van der Waals surface area contributed by atoms with Crippen molar-refractivity contribution in [1.29, 1.82) is 0 Å². The zero-order chi connectivity index (χ0) is 40.0. The number of hydrogen-bond donors (Lipinski definition) is 0. The van der Waals surface area contributed by atoms with Gasteiger partial charge >= 0.3 is 0 Å². The normalized spacial score (nSPS) is 11.5. The monoisotopic (exact) mass is 918 g/mol. The van der Waals surface area contributed by atoms with E-state index in [1.54, 1.807) is 0 Å². The molecule has 0 spiro atoms. The van der Waals surface area contributed by atoms with Crippen molar-refractivity contribution in [2.75, 3.05) is 5.75 Å². The fourth-order valence-corrected chi connectivity index (χ4v) is 6.41. The van der Waals surface area contributed by atoms with Crippen molar-refractivity contribution in [3.8, 4) is 0 Å². The van der Waals surface area contributed by atoms with Gasteiger partial charge < -0.3 is 0 Å². The summed E-state index contributed by atoms with van der Waals surface area (Å²) in [5.41, 5.74) is 0.310. The molecule has 0 atom stereocenters. The summed E-state index contributed by atoms with van der Waals surface area (Å²) >= 11 is 0. The Morgan fingerprint density at radius 1 is 0.471 bits per heavy atom. The van der Waals surface area contributed by atoms with E-state index < -0.39 is 73.4 Å². The first-order chi connectivity index (χ1) is 23.0. The Hall–Kier alpha value is -2.20. The third kappa shape index (κ3) is 21.2. The van der Waals surface area contributed by atoms with Gasteiger partial charge in [0.1, 0.15) is 28.2 Å². The minimum Gasteiger partial charge on any atom is -0.212 e. The van der Waals surface area contributed by atoms with Gasteiger partial charge in [-0.1, -0.05) is 25.1 Å². The Bertz CT molecular complexity index is 2330. The van der Waals surface area contributed by atoms with E-state index in [1.165, 1.54) is 38.1 Å². The van der Waals surface area contributed by atoms with Crippen LogP contribution in [-0.4, -0.2) is 47.8 Å². The lowest BCUT2D eigenvalue weighted by atomic mass is 10.2. The molecule has 4 rings (SSSR count). The fraction of sp³-hybridized carbons (Fsp3) is 0.111. The second-order valence-corrected chi connectivity index (χ2v) is 22.1. The molecule has 0 heterocycles. The van der Waals surface area contributed by atoms with E-state index in [0.29, 0.717) is 5.56 Å². The molecule has 4 aromatic carbocycles. The molecule has 0 bridgehead atoms. The number of hydrogen-bond acceptors (Lipinski definition) is 10. The Kier molecular flexibility index (Phi) is 20.0. The van der Waals surface area contributed by atoms with Crippen LogP contribution < -0.4 is 0 Å². The van der Waals surface area contributed by atoms with Gasteiger partial charge in [-0.2, -0.15) is 0 Å². The first kappa shape index (κ1) is 48.8. The standard InChI is InChI=1S/C7H6ClFO2S.3C6H4ClFO2S.C2H5ClO2S/c1-5-4-6(9)2-3-7(5)12(8,10)11;7-11(9,10)6-3-1-5(8)2-4-6;7-11(9,10)6-3-1-2-5(8)4-6;7-11(9,10)6-4-2-1-3-5(6)8;1-2-6(3,4)5/h2-4H,1H3;3*1-4H;2H2,1H3. The lowest BCUT2D eigenvalue weighted by molar-refractivity contribution is 0.575. The third-order valence-corrected chi connectivity index (χ3v) is 11.9. The second-order valence-electron chi connectivity index (χ2n) is 8.83. The van der Waals surface area contributed by atoms with Crippen molar-refractivity contribution < 1.29 is 59.7 Å². The molecule has 0 aliphatic rings. The highest BCUT2D eigenvalue weighted by atomic mass is 35.7. The van der Waals surface area contributed by atoms with Crippen LogP contribution in [0.15, 0.2) is 111 Å². The van der Waals surface area contributed by atoms with Gasteiger partial charge in [0.2, 0.25) is 9.05 Å². The molecule has 51 heavy (non-hydrogen) atoms. The molecule has 0 aliphatic carbocycles. The van der Waals surface area contributed by atoms with Crippen LogP contribution in [0.1, 0.15) is 12.5 Å². The number of rotatable bonds is 5. The van der Waals surface area contributed by atoms with Crippen LogP contribution in [0, 0.1) is 30.2 Å². The molecule has 0 amide bonds. The summed E-state index contributed by atoms with van der Waals surface area (Å²) in [4.78, 5) is -0.855. The van der Waals surface area contributed by atoms with Crippen LogP contribution in [0.5, 0.6) is 0 Å². The summed E-state index contributed by atoms with van der Waals surface area (Å²) in [6.45, 7) is 2.97. The molecule has 0 N–H and O–H groups in total. The minimum absolute atomic E-state index is 0.00849. The van der Waals surface area contributed by atoms with Crippen molar-refractivity contribution in [3.63, 3.8) is 0 Å². The quantitative estimate of drug-likeness (QED) is 0.142. The number of benzene rings is 4. The molecular weight excluding hydrogens is 898 g/mol. The van der Waals surface area contributed by atoms with Crippen LogP contribution in [0.25, 0.3) is 0 Å². The zero-order valence-electron chi connectivity index (χ0n) is 25.4. The van der Waals surface area contributed by atoms with Gasteiger partial charge in [0.05, 0.1) is 20.4 Å². The van der Waals surface area contributed by atoms with Crippen molar-refractivity contribution in [1.82, 2.24) is 0 Å². The summed E-state index contributed by atoms with van der Waals surface area (Å²) in [6, 6.07) is 17.1. The van der Waals surface area contributed by atoms with Crippen LogP contribution in [-0.2, 0) is 45.3 Å². The largest absolute Gasteiger partial charge is 0.264 e. The predicted octanol–water partition coefficient (Wildman–Crippen LogP) is 7.90. The molecule has 0 unspecified atom stereocenters. The second kappa shape index (κ2) is 20.9. The van der Waals surface area contributed by atoms with Gasteiger partial charge in [-0.05, 0) is 85.3 Å². The third-order valence-electron chi connectivity index (χ3n) is 5.02. The molecule has 284 valence electrons. The SMILES string of the molecule is CCS(=O)(=O)Cl.Cc1cc(F)ccc1S(=O)(=O)Cl.O=S(=O)(Cl)c1ccc(F)cc1.O=S(=O)(Cl)c1cccc(F)c1.O=S(=O)(Cl)c1ccccc1F. The number of halogens is 9. The Balaban J connectivity index is 0.000000622. The summed E-state index contributed by atoms with van der Waals surface area (Å²) in [6.07, 6.45) is 0. The van der Waals surface area contributed by atoms with Gasteiger partial charge in [-0.25, -0.2) is 59.7 Å². The molecule has 0 saturated heterocycles. The summed E-state index contributed by atoms with van der Waals surface area (Å²) < 4.78 is 154. The molecule has 0 fully saturated rings. The van der Waals surface area contributed by atoms with E-state index in [0.717, 1.165) is 66.7 Å². The first-order valence-corrected chi connectivity index (χ1v) is 24.4. The predicted molar refractivity (Wildman–Crippen MR) is 188 cm³/mol. The fourth-order valence-electron chi connectivity index (χ4n) is 2.74. The Labute approximate surface area is 315 Å². The van der Waals surface area contributed by atoms with Crippen LogP contribution in [0.4, 0.5) is 17.6 Å². The molecule has 0 aliphatic heterocycles. The lowest BCUT2D eigenvalue weighted by Crippen LogP contribution is -1.94. The maximum Gasteiger partial charge on any atom is 0.264 e. The van der Waals surface area contributed by atoms with Gasteiger partial charge in [-0.3, -0.25) is 0 Å². The minimum atomic E-state index is -3.94. The maximum atomic E-state index is 12.6. The highest BCUT2D eigenvalue weighted by Gasteiger charge is 2.14. The summed E-state index contributed by atoms with van der Waals surface area (Å²) in [5, 5.41) is 0. The van der Waals surface area contributed by atoms with Crippen LogP contribution in [0.2, 0.25) is 0 Å². The number of aryl methyl sites for hydroxylation is 1. The van der Waals surface area contributed by atoms with Crippen LogP contribution >= 0.6 is 53.4 Å². The molecule has 0 aromatic heterocycles. The smallest absolute Gasteiger partial charge is 0.212 e. The van der Waals surface area contributed by atoms with Crippen molar-refractivity contribution in [3.05, 3.63) is 120 Å². The summed E-state index contributed by atoms with van der Waals surface area (Å²) in [5.74, 6) is -2.41. The molecule has 24 heteroatoms. The van der Waals surface area contributed by atoms with Crippen LogP contribution in [0.3, 0.4) is 0 Å². The highest BCUT2D eigenvalue weighted by molar-refractivity contribution is 8.15. The molecule has 10 nitrogen and oxygen atoms in total. The summed E-state index contributed by atoms with van der Waals surface area (Å²) in [7, 11) is 6.17. The molecule has 4 aromatic rings. The molecular formula is C27H23Cl5F4O10S5. The van der Waals surface area contributed by atoms with E-state index >= 15 is 0 Å². The Morgan fingerprint density at radius 2 is 0.902 bits per heavy atom. The van der Waals surface area contributed by atoms with Crippen molar-refractivity contribution in [2.24, 2.45) is 0 Å². The van der Waals surface area contributed by atoms with E-state index in [9.17, 15) is 59.7 Å². The van der Waals surface area contributed by atoms with Gasteiger partial charge in [0, 0.05) is 53.4 Å². The average molecular weight is 921 g/mol. The highest BCUT2D eigenvalue weighted by Crippen LogP contribution is 2.20. The van der Waals surface area contributed by atoms with Crippen molar-refractivity contribution >= 4 is 98.7 Å². The van der Waals surface area contributed by atoms with Crippen molar-refractivity contribution in [2.45, 2.75) is 33.4 Å². The van der Waals surface area contributed by atoms with Gasteiger partial charge in [0.25, 0.3) is 36.2 Å². The van der Waals surface area contributed by atoms with Gasteiger partial charge in [0.15, 0.2) is 0 Å². The maximum absolute atomic E-state index is 12.6. The van der Waals surface area contributed by atoms with E-state index in [-0.39, 0.29) is 20.4 Å².